The lowest BCUT2D eigenvalue weighted by Crippen LogP contribution is -2.65. The lowest BCUT2D eigenvalue weighted by atomic mass is 9.87. The molecule has 0 bridgehead atoms. The van der Waals surface area contributed by atoms with Crippen LogP contribution in [-0.4, -0.2) is 49.3 Å². The third-order valence-electron chi connectivity index (χ3n) is 4.80. The first-order valence-electron chi connectivity index (χ1n) is 7.62. The summed E-state index contributed by atoms with van der Waals surface area (Å²) in [5, 5.41) is 3.80. The number of nitrogens with one attached hydrogen (secondary N) is 1. The summed E-state index contributed by atoms with van der Waals surface area (Å²) in [6, 6.07) is 1.30. The van der Waals surface area contributed by atoms with Crippen LogP contribution in [0.25, 0.3) is 0 Å². The molecule has 3 nitrogen and oxygen atoms in total. The van der Waals surface area contributed by atoms with E-state index in [0.717, 1.165) is 19.6 Å². The minimum absolute atomic E-state index is 0.326. The van der Waals surface area contributed by atoms with Crippen molar-refractivity contribution in [1.29, 1.82) is 0 Å². The van der Waals surface area contributed by atoms with Crippen LogP contribution in [0, 0.1) is 0 Å². The maximum atomic E-state index is 5.23. The van der Waals surface area contributed by atoms with Gasteiger partial charge in [-0.3, -0.25) is 4.90 Å². The fourth-order valence-electron chi connectivity index (χ4n) is 3.06. The number of hydrogen-bond acceptors (Lipinski definition) is 3. The van der Waals surface area contributed by atoms with Crippen molar-refractivity contribution < 1.29 is 4.74 Å². The Morgan fingerprint density at radius 3 is 2.50 bits per heavy atom. The van der Waals surface area contributed by atoms with E-state index in [9.17, 15) is 0 Å². The largest absolute Gasteiger partial charge is 0.385 e. The fourth-order valence-corrected chi connectivity index (χ4v) is 3.06. The standard InChI is InChI=1S/C15H32N2O/c1-6-14-11-16-15(7-2,8-3)12-17(14)13(4)9-10-18-5/h13-14,16H,6-12H2,1-5H3. The molecule has 0 radical (unpaired) electrons. The maximum Gasteiger partial charge on any atom is 0.0477 e. The molecule has 1 fully saturated rings. The zero-order valence-corrected chi connectivity index (χ0v) is 13.0. The Morgan fingerprint density at radius 1 is 1.33 bits per heavy atom. The van der Waals surface area contributed by atoms with E-state index in [4.69, 9.17) is 4.74 Å². The van der Waals surface area contributed by atoms with Crippen LogP contribution in [0.2, 0.25) is 0 Å². The SMILES string of the molecule is CCC1CNC(CC)(CC)CN1C(C)CCOC. The lowest BCUT2D eigenvalue weighted by molar-refractivity contribution is 0.0288. The summed E-state index contributed by atoms with van der Waals surface area (Å²) in [6.45, 7) is 12.4. The Hall–Kier alpha value is -0.120. The Kier molecular flexibility index (Phi) is 6.61. The van der Waals surface area contributed by atoms with E-state index < -0.39 is 0 Å². The van der Waals surface area contributed by atoms with Gasteiger partial charge >= 0.3 is 0 Å². The molecule has 2 unspecified atom stereocenters. The summed E-state index contributed by atoms with van der Waals surface area (Å²) in [6.07, 6.45) is 4.80. The van der Waals surface area contributed by atoms with Crippen molar-refractivity contribution in [1.82, 2.24) is 10.2 Å². The van der Waals surface area contributed by atoms with Gasteiger partial charge in [0.25, 0.3) is 0 Å². The van der Waals surface area contributed by atoms with Crippen molar-refractivity contribution in [2.75, 3.05) is 26.8 Å². The second kappa shape index (κ2) is 7.46. The van der Waals surface area contributed by atoms with Crippen molar-refractivity contribution in [2.24, 2.45) is 0 Å². The van der Waals surface area contributed by atoms with Gasteiger partial charge in [0.05, 0.1) is 0 Å². The van der Waals surface area contributed by atoms with Crippen LogP contribution >= 0.6 is 0 Å². The molecule has 0 saturated carbocycles. The number of nitrogens with zero attached hydrogens (tertiary/aromatic N) is 1. The first-order valence-corrected chi connectivity index (χ1v) is 7.62. The third-order valence-corrected chi connectivity index (χ3v) is 4.80. The van der Waals surface area contributed by atoms with Gasteiger partial charge in [0.2, 0.25) is 0 Å². The van der Waals surface area contributed by atoms with Crippen LogP contribution in [-0.2, 0) is 4.74 Å². The van der Waals surface area contributed by atoms with Crippen LogP contribution < -0.4 is 5.32 Å². The van der Waals surface area contributed by atoms with Gasteiger partial charge in [-0.2, -0.15) is 0 Å². The van der Waals surface area contributed by atoms with E-state index in [1.807, 2.05) is 0 Å². The average molecular weight is 256 g/mol. The summed E-state index contributed by atoms with van der Waals surface area (Å²) < 4.78 is 5.23. The topological polar surface area (TPSA) is 24.5 Å². The number of hydrogen-bond donors (Lipinski definition) is 1. The van der Waals surface area contributed by atoms with Crippen LogP contribution in [0.4, 0.5) is 0 Å². The smallest absolute Gasteiger partial charge is 0.0477 e. The zero-order valence-electron chi connectivity index (χ0n) is 13.0. The normalized spacial score (nSPS) is 26.2. The van der Waals surface area contributed by atoms with Gasteiger partial charge in [0.1, 0.15) is 0 Å². The Balaban J connectivity index is 2.69. The van der Waals surface area contributed by atoms with Crippen LogP contribution in [0.3, 0.4) is 0 Å². The van der Waals surface area contributed by atoms with Gasteiger partial charge < -0.3 is 10.1 Å². The summed E-state index contributed by atoms with van der Waals surface area (Å²) in [5.41, 5.74) is 0.326. The molecule has 1 saturated heterocycles. The van der Waals surface area contributed by atoms with Crippen LogP contribution in [0.1, 0.15) is 53.4 Å². The van der Waals surface area contributed by atoms with E-state index >= 15 is 0 Å². The molecule has 0 aromatic rings. The summed E-state index contributed by atoms with van der Waals surface area (Å²) in [4.78, 5) is 2.71. The van der Waals surface area contributed by atoms with Crippen LogP contribution in [0.5, 0.6) is 0 Å². The zero-order chi connectivity index (χ0) is 13.6. The molecule has 1 rings (SSSR count). The van der Waals surface area contributed by atoms with E-state index in [2.05, 4.69) is 37.9 Å². The highest BCUT2D eigenvalue weighted by molar-refractivity contribution is 4.97. The number of rotatable bonds is 7. The van der Waals surface area contributed by atoms with Gasteiger partial charge in [-0.1, -0.05) is 20.8 Å². The van der Waals surface area contributed by atoms with Crippen molar-refractivity contribution in [3.63, 3.8) is 0 Å². The van der Waals surface area contributed by atoms with E-state index in [-0.39, 0.29) is 0 Å². The van der Waals surface area contributed by atoms with Crippen molar-refractivity contribution >= 4 is 0 Å². The minimum atomic E-state index is 0.326. The minimum Gasteiger partial charge on any atom is -0.385 e. The first kappa shape index (κ1) is 15.9. The molecule has 0 aromatic heterocycles. The Labute approximate surface area is 113 Å². The molecule has 108 valence electrons. The quantitative estimate of drug-likeness (QED) is 0.758. The molecule has 1 aliphatic heterocycles. The maximum absolute atomic E-state index is 5.23. The monoisotopic (exact) mass is 256 g/mol. The van der Waals surface area contributed by atoms with Gasteiger partial charge in [0, 0.05) is 44.4 Å². The molecular formula is C15H32N2O. The molecule has 2 atom stereocenters. The summed E-state index contributed by atoms with van der Waals surface area (Å²) in [7, 11) is 1.80. The molecule has 0 amide bonds. The van der Waals surface area contributed by atoms with Crippen LogP contribution in [0.15, 0.2) is 0 Å². The average Bonchev–Trinajstić information content (AvgIpc) is 2.43. The van der Waals surface area contributed by atoms with Gasteiger partial charge in [-0.25, -0.2) is 0 Å². The van der Waals surface area contributed by atoms with E-state index in [1.54, 1.807) is 7.11 Å². The number of ether oxygens (including phenoxy) is 1. The predicted octanol–water partition coefficient (Wildman–Crippen LogP) is 2.65. The Bertz CT molecular complexity index is 229. The first-order chi connectivity index (χ1) is 8.62. The predicted molar refractivity (Wildman–Crippen MR) is 78.1 cm³/mol. The van der Waals surface area contributed by atoms with Gasteiger partial charge in [-0.15, -0.1) is 0 Å². The van der Waals surface area contributed by atoms with Crippen molar-refractivity contribution in [3.8, 4) is 0 Å². The second-order valence-electron chi connectivity index (χ2n) is 5.73. The van der Waals surface area contributed by atoms with Crippen molar-refractivity contribution in [2.45, 2.75) is 71.0 Å². The number of methoxy groups -OCH3 is 1. The molecule has 1 heterocycles. The molecule has 18 heavy (non-hydrogen) atoms. The molecule has 1 N–H and O–H groups in total. The van der Waals surface area contributed by atoms with Gasteiger partial charge in [-0.05, 0) is 32.6 Å². The van der Waals surface area contributed by atoms with E-state index in [0.29, 0.717) is 17.6 Å². The molecular weight excluding hydrogens is 224 g/mol. The second-order valence-corrected chi connectivity index (χ2v) is 5.73. The Morgan fingerprint density at radius 2 is 2.00 bits per heavy atom. The molecule has 0 aliphatic carbocycles. The molecule has 3 heteroatoms. The van der Waals surface area contributed by atoms with E-state index in [1.165, 1.54) is 25.8 Å². The van der Waals surface area contributed by atoms with Crippen molar-refractivity contribution in [3.05, 3.63) is 0 Å². The summed E-state index contributed by atoms with van der Waals surface area (Å²) >= 11 is 0. The fraction of sp³-hybridized carbons (Fsp3) is 1.00. The molecule has 1 aliphatic rings. The molecule has 0 aromatic carbocycles. The highest BCUT2D eigenvalue weighted by atomic mass is 16.5. The summed E-state index contributed by atoms with van der Waals surface area (Å²) in [5.74, 6) is 0. The molecule has 0 spiro atoms. The van der Waals surface area contributed by atoms with Gasteiger partial charge in [0.15, 0.2) is 0 Å². The highest BCUT2D eigenvalue weighted by Crippen LogP contribution is 2.26. The highest BCUT2D eigenvalue weighted by Gasteiger charge is 2.37. The third kappa shape index (κ3) is 3.69. The number of piperazine rings is 1. The lowest BCUT2D eigenvalue weighted by Gasteiger charge is -2.49.